The molecular weight excluding hydrogens is 294 g/mol. The molecule has 1 aliphatic heterocycles. The van der Waals surface area contributed by atoms with Gasteiger partial charge in [0.2, 0.25) is 17.7 Å². The first-order valence-corrected chi connectivity index (χ1v) is 7.87. The SMILES string of the molecule is O=C(CCCN1C(=O)[C@H]2CC=CC[C@@H]2C1=O)Nc1ccncc1. The molecule has 23 heavy (non-hydrogen) atoms. The van der Waals surface area contributed by atoms with Gasteiger partial charge in [-0.2, -0.15) is 0 Å². The number of hydrogen-bond donors (Lipinski definition) is 1. The number of anilines is 1. The number of rotatable bonds is 5. The Morgan fingerprint density at radius 2 is 1.74 bits per heavy atom. The van der Waals surface area contributed by atoms with Crippen LogP contribution in [0.1, 0.15) is 25.7 Å². The van der Waals surface area contributed by atoms with E-state index in [0.29, 0.717) is 31.5 Å². The molecule has 3 amide bonds. The van der Waals surface area contributed by atoms with Crippen molar-refractivity contribution in [3.8, 4) is 0 Å². The lowest BCUT2D eigenvalue weighted by molar-refractivity contribution is -0.140. The molecule has 120 valence electrons. The highest BCUT2D eigenvalue weighted by Crippen LogP contribution is 2.35. The zero-order valence-corrected chi connectivity index (χ0v) is 12.8. The van der Waals surface area contributed by atoms with E-state index in [2.05, 4.69) is 10.3 Å². The van der Waals surface area contributed by atoms with Crippen LogP contribution in [0.15, 0.2) is 36.7 Å². The van der Waals surface area contributed by atoms with Crippen LogP contribution in [0.2, 0.25) is 0 Å². The number of allylic oxidation sites excluding steroid dienone is 2. The predicted octanol–water partition coefficient (Wildman–Crippen LogP) is 1.75. The monoisotopic (exact) mass is 313 g/mol. The van der Waals surface area contributed by atoms with E-state index in [1.54, 1.807) is 24.5 Å². The van der Waals surface area contributed by atoms with Crippen LogP contribution >= 0.6 is 0 Å². The van der Waals surface area contributed by atoms with Crippen molar-refractivity contribution in [2.24, 2.45) is 11.8 Å². The molecule has 0 saturated carbocycles. The van der Waals surface area contributed by atoms with Crippen molar-refractivity contribution in [3.05, 3.63) is 36.7 Å². The average Bonchev–Trinajstić information content (AvgIpc) is 2.81. The number of carbonyl (C=O) groups excluding carboxylic acids is 3. The molecule has 2 aliphatic rings. The van der Waals surface area contributed by atoms with Gasteiger partial charge in [0.15, 0.2) is 0 Å². The number of likely N-dealkylation sites (tertiary alicyclic amines) is 1. The molecule has 0 spiro atoms. The molecule has 1 N–H and O–H groups in total. The number of imide groups is 1. The summed E-state index contributed by atoms with van der Waals surface area (Å²) in [5.41, 5.74) is 0.690. The number of amides is 3. The van der Waals surface area contributed by atoms with Crippen LogP contribution in [0.4, 0.5) is 5.69 Å². The molecule has 0 radical (unpaired) electrons. The lowest BCUT2D eigenvalue weighted by Gasteiger charge is -2.14. The summed E-state index contributed by atoms with van der Waals surface area (Å²) in [5.74, 6) is -0.691. The number of carbonyl (C=O) groups is 3. The van der Waals surface area contributed by atoms with Gasteiger partial charge in [-0.05, 0) is 31.4 Å². The molecule has 0 bridgehead atoms. The number of aromatic nitrogens is 1. The molecule has 2 heterocycles. The van der Waals surface area contributed by atoms with E-state index in [1.807, 2.05) is 12.2 Å². The molecule has 6 heteroatoms. The first-order valence-electron chi connectivity index (χ1n) is 7.87. The zero-order valence-electron chi connectivity index (χ0n) is 12.8. The number of pyridine rings is 1. The standard InChI is InChI=1S/C17H19N3O3/c21-15(19-12-7-9-18-10-8-12)6-3-11-20-16(22)13-4-1-2-5-14(13)17(20)23/h1-2,7-10,13-14H,3-6,11H2,(H,18,19,21)/t13-,14-/m0/s1. The zero-order chi connectivity index (χ0) is 16.2. The van der Waals surface area contributed by atoms with E-state index < -0.39 is 0 Å². The van der Waals surface area contributed by atoms with E-state index >= 15 is 0 Å². The summed E-state index contributed by atoms with van der Waals surface area (Å²) in [6.07, 6.45) is 9.19. The second-order valence-electron chi connectivity index (χ2n) is 5.87. The Kier molecular flexibility index (Phi) is 4.50. The summed E-state index contributed by atoms with van der Waals surface area (Å²) < 4.78 is 0. The van der Waals surface area contributed by atoms with Gasteiger partial charge in [-0.15, -0.1) is 0 Å². The second kappa shape index (κ2) is 6.73. The lowest BCUT2D eigenvalue weighted by Crippen LogP contribution is -2.32. The highest BCUT2D eigenvalue weighted by molar-refractivity contribution is 6.05. The maximum Gasteiger partial charge on any atom is 0.233 e. The van der Waals surface area contributed by atoms with E-state index in [-0.39, 0.29) is 36.0 Å². The molecule has 0 aromatic carbocycles. The minimum atomic E-state index is -0.196. The molecule has 0 unspecified atom stereocenters. The van der Waals surface area contributed by atoms with E-state index in [4.69, 9.17) is 0 Å². The number of nitrogens with one attached hydrogen (secondary N) is 1. The van der Waals surface area contributed by atoms with Crippen LogP contribution in [0.5, 0.6) is 0 Å². The number of fused-ring (bicyclic) bond motifs is 1. The Morgan fingerprint density at radius 1 is 1.13 bits per heavy atom. The Morgan fingerprint density at radius 3 is 2.35 bits per heavy atom. The van der Waals surface area contributed by atoms with Crippen LogP contribution in [0.3, 0.4) is 0 Å². The highest BCUT2D eigenvalue weighted by Gasteiger charge is 2.46. The first-order chi connectivity index (χ1) is 11.2. The maximum atomic E-state index is 12.3. The molecular formula is C17H19N3O3. The fourth-order valence-corrected chi connectivity index (χ4v) is 3.15. The van der Waals surface area contributed by atoms with Gasteiger partial charge in [0.1, 0.15) is 0 Å². The predicted molar refractivity (Wildman–Crippen MR) is 84.2 cm³/mol. The van der Waals surface area contributed by atoms with Crippen LogP contribution < -0.4 is 5.32 Å². The Hall–Kier alpha value is -2.50. The maximum absolute atomic E-state index is 12.3. The van der Waals surface area contributed by atoms with Crippen LogP contribution in [-0.4, -0.2) is 34.2 Å². The fourth-order valence-electron chi connectivity index (χ4n) is 3.15. The molecule has 1 aromatic heterocycles. The van der Waals surface area contributed by atoms with Crippen LogP contribution in [-0.2, 0) is 14.4 Å². The van der Waals surface area contributed by atoms with Gasteiger partial charge in [0.05, 0.1) is 11.8 Å². The topological polar surface area (TPSA) is 79.4 Å². The van der Waals surface area contributed by atoms with Crippen molar-refractivity contribution >= 4 is 23.4 Å². The van der Waals surface area contributed by atoms with Crippen LogP contribution in [0.25, 0.3) is 0 Å². The van der Waals surface area contributed by atoms with Gasteiger partial charge in [-0.25, -0.2) is 0 Å². The van der Waals surface area contributed by atoms with E-state index in [1.165, 1.54) is 4.90 Å². The van der Waals surface area contributed by atoms with Crippen molar-refractivity contribution in [2.75, 3.05) is 11.9 Å². The Bertz CT molecular complexity index is 616. The first kappa shape index (κ1) is 15.4. The second-order valence-corrected chi connectivity index (χ2v) is 5.87. The van der Waals surface area contributed by atoms with E-state index in [0.717, 1.165) is 0 Å². The van der Waals surface area contributed by atoms with Gasteiger partial charge in [0, 0.05) is 31.0 Å². The van der Waals surface area contributed by atoms with Gasteiger partial charge in [0.25, 0.3) is 0 Å². The minimum absolute atomic E-state index is 0.0844. The summed E-state index contributed by atoms with van der Waals surface area (Å²) in [5, 5.41) is 2.76. The molecule has 6 nitrogen and oxygen atoms in total. The van der Waals surface area contributed by atoms with Gasteiger partial charge in [-0.1, -0.05) is 12.2 Å². The third-order valence-electron chi connectivity index (χ3n) is 4.35. The molecule has 1 aliphatic carbocycles. The van der Waals surface area contributed by atoms with Gasteiger partial charge >= 0.3 is 0 Å². The highest BCUT2D eigenvalue weighted by atomic mass is 16.2. The Labute approximate surface area is 134 Å². The molecule has 3 rings (SSSR count). The number of nitrogens with zero attached hydrogens (tertiary/aromatic N) is 2. The largest absolute Gasteiger partial charge is 0.326 e. The van der Waals surface area contributed by atoms with Crippen molar-refractivity contribution in [2.45, 2.75) is 25.7 Å². The fraction of sp³-hybridized carbons (Fsp3) is 0.412. The number of hydrogen-bond acceptors (Lipinski definition) is 4. The average molecular weight is 313 g/mol. The molecule has 1 aromatic rings. The van der Waals surface area contributed by atoms with Gasteiger partial charge < -0.3 is 5.32 Å². The summed E-state index contributed by atoms with van der Waals surface area (Å²) in [6, 6.07) is 3.42. The third kappa shape index (κ3) is 3.31. The summed E-state index contributed by atoms with van der Waals surface area (Å²) in [4.78, 5) is 41.6. The smallest absolute Gasteiger partial charge is 0.233 e. The van der Waals surface area contributed by atoms with Crippen molar-refractivity contribution in [1.82, 2.24) is 9.88 Å². The summed E-state index contributed by atoms with van der Waals surface area (Å²) >= 11 is 0. The van der Waals surface area contributed by atoms with Crippen molar-refractivity contribution in [3.63, 3.8) is 0 Å². The summed E-state index contributed by atoms with van der Waals surface area (Å²) in [6.45, 7) is 0.314. The van der Waals surface area contributed by atoms with Gasteiger partial charge in [-0.3, -0.25) is 24.3 Å². The molecule has 2 atom stereocenters. The van der Waals surface area contributed by atoms with Crippen molar-refractivity contribution < 1.29 is 14.4 Å². The summed E-state index contributed by atoms with van der Waals surface area (Å²) in [7, 11) is 0. The molecule has 1 fully saturated rings. The van der Waals surface area contributed by atoms with Crippen LogP contribution in [0, 0.1) is 11.8 Å². The minimum Gasteiger partial charge on any atom is -0.326 e. The lowest BCUT2D eigenvalue weighted by atomic mass is 9.85. The van der Waals surface area contributed by atoms with Crippen molar-refractivity contribution in [1.29, 1.82) is 0 Å². The quantitative estimate of drug-likeness (QED) is 0.663. The Balaban J connectivity index is 1.48. The normalized spacial score (nSPS) is 23.0. The van der Waals surface area contributed by atoms with E-state index in [9.17, 15) is 14.4 Å². The third-order valence-corrected chi connectivity index (χ3v) is 4.35. The molecule has 1 saturated heterocycles.